The van der Waals surface area contributed by atoms with Gasteiger partial charge in [0.05, 0.1) is 4.90 Å². The van der Waals surface area contributed by atoms with Crippen molar-refractivity contribution in [2.24, 2.45) is 0 Å². The van der Waals surface area contributed by atoms with E-state index >= 15 is 0 Å². The molecule has 1 aliphatic heterocycles. The van der Waals surface area contributed by atoms with Crippen LogP contribution < -0.4 is 10.0 Å². The summed E-state index contributed by atoms with van der Waals surface area (Å²) in [5, 5.41) is 3.15. The van der Waals surface area contributed by atoms with Crippen LogP contribution in [0, 0.1) is 0 Å². The first-order valence-corrected chi connectivity index (χ1v) is 11.3. The number of amides is 2. The number of nitrogens with one attached hydrogen (secondary N) is 2. The Kier molecular flexibility index (Phi) is 6.48. The van der Waals surface area contributed by atoms with E-state index in [1.165, 1.54) is 23.9 Å². The highest BCUT2D eigenvalue weighted by atomic mass is 35.5. The van der Waals surface area contributed by atoms with Gasteiger partial charge in [-0.1, -0.05) is 29.4 Å². The van der Waals surface area contributed by atoms with E-state index in [1.807, 2.05) is 0 Å². The van der Waals surface area contributed by atoms with Gasteiger partial charge in [0.15, 0.2) is 0 Å². The summed E-state index contributed by atoms with van der Waals surface area (Å²) in [5.74, 6) is 0.450. The van der Waals surface area contributed by atoms with Crippen molar-refractivity contribution in [3.8, 4) is 0 Å². The molecule has 1 fully saturated rings. The number of rotatable bonds is 7. The molecule has 1 saturated heterocycles. The van der Waals surface area contributed by atoms with E-state index in [0.717, 1.165) is 5.75 Å². The number of anilines is 2. The summed E-state index contributed by atoms with van der Waals surface area (Å²) in [6.07, 6.45) is 0.145. The predicted molar refractivity (Wildman–Crippen MR) is 111 cm³/mol. The fourth-order valence-corrected chi connectivity index (χ4v) is 4.64. The average Bonchev–Trinajstić information content (AvgIpc) is 3.07. The van der Waals surface area contributed by atoms with Crippen molar-refractivity contribution in [1.29, 1.82) is 0 Å². The SMILES string of the molecule is O=C(CCN1CCSC1=O)Nc1cccc(S(=O)(=O)Nc2ccc(Cl)cc2)c1. The van der Waals surface area contributed by atoms with Crippen LogP contribution in [0.25, 0.3) is 0 Å². The maximum Gasteiger partial charge on any atom is 0.281 e. The number of hydrogen-bond donors (Lipinski definition) is 2. The Hall–Kier alpha value is -2.23. The third kappa shape index (κ3) is 5.40. The zero-order chi connectivity index (χ0) is 20.1. The smallest absolute Gasteiger partial charge is 0.281 e. The molecule has 0 saturated carbocycles. The van der Waals surface area contributed by atoms with E-state index in [1.54, 1.807) is 41.3 Å². The summed E-state index contributed by atoms with van der Waals surface area (Å²) in [4.78, 5) is 25.3. The van der Waals surface area contributed by atoms with Crippen LogP contribution in [0.2, 0.25) is 5.02 Å². The van der Waals surface area contributed by atoms with Crippen molar-refractivity contribution < 1.29 is 18.0 Å². The molecule has 1 heterocycles. The van der Waals surface area contributed by atoms with Crippen LogP contribution in [0.3, 0.4) is 0 Å². The Balaban J connectivity index is 1.63. The van der Waals surface area contributed by atoms with Gasteiger partial charge in [0.25, 0.3) is 15.3 Å². The molecule has 0 aliphatic carbocycles. The third-order valence-corrected chi connectivity index (χ3v) is 6.50. The van der Waals surface area contributed by atoms with E-state index < -0.39 is 10.0 Å². The lowest BCUT2D eigenvalue weighted by Gasteiger charge is -2.14. The fraction of sp³-hybridized carbons (Fsp3) is 0.222. The van der Waals surface area contributed by atoms with Crippen LogP contribution in [-0.4, -0.2) is 43.3 Å². The number of halogens is 1. The second kappa shape index (κ2) is 8.85. The molecule has 2 aromatic rings. The molecule has 0 unspecified atom stereocenters. The third-order valence-electron chi connectivity index (χ3n) is 3.98. The van der Waals surface area contributed by atoms with Gasteiger partial charge >= 0.3 is 0 Å². The van der Waals surface area contributed by atoms with Crippen molar-refractivity contribution in [3.63, 3.8) is 0 Å². The Morgan fingerprint density at radius 1 is 1.14 bits per heavy atom. The second-order valence-corrected chi connectivity index (χ2v) is 9.20. The van der Waals surface area contributed by atoms with Crippen LogP contribution in [-0.2, 0) is 14.8 Å². The molecule has 2 N–H and O–H groups in total. The summed E-state index contributed by atoms with van der Waals surface area (Å²) < 4.78 is 27.6. The van der Waals surface area contributed by atoms with E-state index in [4.69, 9.17) is 11.6 Å². The molecular formula is C18H18ClN3O4S2. The molecule has 2 aromatic carbocycles. The van der Waals surface area contributed by atoms with E-state index in [-0.39, 0.29) is 22.5 Å². The van der Waals surface area contributed by atoms with Gasteiger partial charge in [0, 0.05) is 41.7 Å². The molecule has 7 nitrogen and oxygen atoms in total. The Bertz CT molecular complexity index is 981. The van der Waals surface area contributed by atoms with Gasteiger partial charge in [-0.3, -0.25) is 14.3 Å². The molecule has 10 heteroatoms. The monoisotopic (exact) mass is 439 g/mol. The first kappa shape index (κ1) is 20.5. The molecule has 0 radical (unpaired) electrons. The van der Waals surface area contributed by atoms with Gasteiger partial charge in [-0.2, -0.15) is 0 Å². The average molecular weight is 440 g/mol. The number of thioether (sulfide) groups is 1. The van der Waals surface area contributed by atoms with Gasteiger partial charge in [0.1, 0.15) is 0 Å². The van der Waals surface area contributed by atoms with Crippen molar-refractivity contribution in [1.82, 2.24) is 4.90 Å². The van der Waals surface area contributed by atoms with Crippen LogP contribution in [0.1, 0.15) is 6.42 Å². The van der Waals surface area contributed by atoms with E-state index in [9.17, 15) is 18.0 Å². The van der Waals surface area contributed by atoms with Gasteiger partial charge in [-0.05, 0) is 42.5 Å². The molecule has 0 bridgehead atoms. The minimum Gasteiger partial charge on any atom is -0.332 e. The van der Waals surface area contributed by atoms with Gasteiger partial charge in [-0.25, -0.2) is 8.42 Å². The number of benzene rings is 2. The Morgan fingerprint density at radius 3 is 2.57 bits per heavy atom. The zero-order valence-corrected chi connectivity index (χ0v) is 17.1. The van der Waals surface area contributed by atoms with Crippen LogP contribution in [0.4, 0.5) is 16.2 Å². The Labute approximate surface area is 172 Å². The topological polar surface area (TPSA) is 95.6 Å². The molecule has 0 atom stereocenters. The van der Waals surface area contributed by atoms with Gasteiger partial charge in [-0.15, -0.1) is 0 Å². The lowest BCUT2D eigenvalue weighted by molar-refractivity contribution is -0.116. The summed E-state index contributed by atoms with van der Waals surface area (Å²) in [5.41, 5.74) is 0.748. The van der Waals surface area contributed by atoms with E-state index in [2.05, 4.69) is 10.0 Å². The number of carbonyl (C=O) groups excluding carboxylic acids is 2. The van der Waals surface area contributed by atoms with E-state index in [0.29, 0.717) is 29.5 Å². The molecule has 28 heavy (non-hydrogen) atoms. The molecular weight excluding hydrogens is 422 g/mol. The van der Waals surface area contributed by atoms with Crippen LogP contribution in [0.15, 0.2) is 53.4 Å². The second-order valence-electron chi connectivity index (χ2n) is 6.04. The Morgan fingerprint density at radius 2 is 1.89 bits per heavy atom. The highest BCUT2D eigenvalue weighted by Crippen LogP contribution is 2.21. The van der Waals surface area contributed by atoms with Crippen molar-refractivity contribution >= 4 is 55.9 Å². The predicted octanol–water partition coefficient (Wildman–Crippen LogP) is 3.64. The number of sulfonamides is 1. The first-order valence-electron chi connectivity index (χ1n) is 8.43. The van der Waals surface area contributed by atoms with Gasteiger partial charge < -0.3 is 10.2 Å². The summed E-state index contributed by atoms with van der Waals surface area (Å²) in [6.45, 7) is 0.981. The van der Waals surface area contributed by atoms with Crippen LogP contribution >= 0.6 is 23.4 Å². The lowest BCUT2D eigenvalue weighted by Crippen LogP contribution is -2.27. The number of nitrogens with zero attached hydrogens (tertiary/aromatic N) is 1. The maximum atomic E-state index is 12.6. The van der Waals surface area contributed by atoms with Crippen LogP contribution in [0.5, 0.6) is 0 Å². The molecule has 0 spiro atoms. The normalized spacial score (nSPS) is 14.2. The summed E-state index contributed by atoms with van der Waals surface area (Å²) >= 11 is 7.05. The summed E-state index contributed by atoms with van der Waals surface area (Å²) in [7, 11) is -3.82. The standard InChI is InChI=1S/C18H18ClN3O4S2/c19-13-4-6-14(7-5-13)21-28(25,26)16-3-1-2-15(12-16)20-17(23)8-9-22-10-11-27-18(22)24/h1-7,12,21H,8-11H2,(H,20,23). The largest absolute Gasteiger partial charge is 0.332 e. The quantitative estimate of drug-likeness (QED) is 0.686. The maximum absolute atomic E-state index is 12.6. The minimum absolute atomic E-state index is 0.0193. The minimum atomic E-state index is -3.82. The first-order chi connectivity index (χ1) is 13.3. The van der Waals surface area contributed by atoms with Crippen molar-refractivity contribution in [2.75, 3.05) is 28.9 Å². The molecule has 3 rings (SSSR count). The van der Waals surface area contributed by atoms with Crippen molar-refractivity contribution in [2.45, 2.75) is 11.3 Å². The lowest BCUT2D eigenvalue weighted by atomic mass is 10.3. The molecule has 0 aromatic heterocycles. The molecule has 2 amide bonds. The highest BCUT2D eigenvalue weighted by Gasteiger charge is 2.21. The molecule has 1 aliphatic rings. The molecule has 148 valence electrons. The van der Waals surface area contributed by atoms with Gasteiger partial charge in [0.2, 0.25) is 5.91 Å². The zero-order valence-electron chi connectivity index (χ0n) is 14.7. The van der Waals surface area contributed by atoms with Crippen molar-refractivity contribution in [3.05, 3.63) is 53.6 Å². The number of hydrogen-bond acceptors (Lipinski definition) is 5. The number of carbonyl (C=O) groups is 2. The summed E-state index contributed by atoms with van der Waals surface area (Å²) in [6, 6.07) is 12.3. The highest BCUT2D eigenvalue weighted by molar-refractivity contribution is 8.13. The fourth-order valence-electron chi connectivity index (χ4n) is 2.56.